The highest BCUT2D eigenvalue weighted by Crippen LogP contribution is 2.33. The zero-order valence-electron chi connectivity index (χ0n) is 9.71. The molecule has 0 radical (unpaired) electrons. The molecule has 0 unspecified atom stereocenters. The fourth-order valence-electron chi connectivity index (χ4n) is 2.02. The second-order valence-electron chi connectivity index (χ2n) is 4.68. The third kappa shape index (κ3) is 2.30. The van der Waals surface area contributed by atoms with Crippen molar-refractivity contribution in [1.29, 1.82) is 0 Å². The van der Waals surface area contributed by atoms with Crippen molar-refractivity contribution in [2.75, 3.05) is 5.73 Å². The van der Waals surface area contributed by atoms with Crippen LogP contribution in [0.15, 0.2) is 30.9 Å². The summed E-state index contributed by atoms with van der Waals surface area (Å²) in [5, 5.41) is 0. The van der Waals surface area contributed by atoms with E-state index in [2.05, 4.69) is 14.5 Å². The summed E-state index contributed by atoms with van der Waals surface area (Å²) in [6.45, 7) is 1.05. The van der Waals surface area contributed by atoms with Gasteiger partial charge in [-0.25, -0.2) is 9.97 Å². The average Bonchev–Trinajstić information content (AvgIpc) is 3.06. The minimum Gasteiger partial charge on any atom is -0.384 e. The summed E-state index contributed by atoms with van der Waals surface area (Å²) in [5.41, 5.74) is 7.79. The molecule has 2 heterocycles. The summed E-state index contributed by atoms with van der Waals surface area (Å²) in [6.07, 6.45) is 9.64. The first kappa shape index (κ1) is 10.3. The Bertz CT molecular complexity index is 496. The fourth-order valence-corrected chi connectivity index (χ4v) is 2.02. The van der Waals surface area contributed by atoms with Crippen molar-refractivity contribution in [2.45, 2.75) is 25.8 Å². The van der Waals surface area contributed by atoms with Gasteiger partial charge in [0.15, 0.2) is 0 Å². The topological polar surface area (TPSA) is 56.7 Å². The molecule has 4 nitrogen and oxygen atoms in total. The summed E-state index contributed by atoms with van der Waals surface area (Å²) < 4.78 is 2.20. The maximum Gasteiger partial charge on any atom is 0.123 e. The second-order valence-corrected chi connectivity index (χ2v) is 4.68. The van der Waals surface area contributed by atoms with Gasteiger partial charge in [0, 0.05) is 18.3 Å². The molecule has 1 aliphatic carbocycles. The quantitative estimate of drug-likeness (QED) is 0.873. The summed E-state index contributed by atoms with van der Waals surface area (Å²) in [5.74, 6) is 1.49. The van der Waals surface area contributed by atoms with Crippen molar-refractivity contribution in [3.05, 3.63) is 30.9 Å². The Kier molecular flexibility index (Phi) is 2.55. The van der Waals surface area contributed by atoms with E-state index in [-0.39, 0.29) is 0 Å². The summed E-state index contributed by atoms with van der Waals surface area (Å²) in [6, 6.07) is 3.82. The molecule has 2 N–H and O–H groups in total. The fraction of sp³-hybridized carbons (Fsp3) is 0.385. The molecule has 17 heavy (non-hydrogen) atoms. The van der Waals surface area contributed by atoms with Gasteiger partial charge in [-0.15, -0.1) is 0 Å². The van der Waals surface area contributed by atoms with Gasteiger partial charge in [0.1, 0.15) is 5.82 Å². The lowest BCUT2D eigenvalue weighted by molar-refractivity contribution is 0.600. The first-order valence-electron chi connectivity index (χ1n) is 6.05. The van der Waals surface area contributed by atoms with E-state index in [0.29, 0.717) is 5.82 Å². The highest BCUT2D eigenvalue weighted by atomic mass is 15.0. The van der Waals surface area contributed by atoms with Crippen LogP contribution in [-0.4, -0.2) is 14.5 Å². The zero-order valence-corrected chi connectivity index (χ0v) is 9.71. The normalized spacial score (nSPS) is 15.1. The minimum absolute atomic E-state index is 0.554. The molecule has 4 heteroatoms. The van der Waals surface area contributed by atoms with E-state index in [0.717, 1.165) is 23.7 Å². The summed E-state index contributed by atoms with van der Waals surface area (Å²) in [4.78, 5) is 8.34. The van der Waals surface area contributed by atoms with Gasteiger partial charge in [-0.3, -0.25) is 0 Å². The number of nitrogens with two attached hydrogens (primary N) is 1. The number of aryl methyl sites for hydroxylation is 1. The van der Waals surface area contributed by atoms with E-state index in [1.54, 1.807) is 6.20 Å². The predicted molar refractivity (Wildman–Crippen MR) is 67.2 cm³/mol. The lowest BCUT2D eigenvalue weighted by Crippen LogP contribution is -2.00. The Morgan fingerprint density at radius 1 is 1.29 bits per heavy atom. The van der Waals surface area contributed by atoms with Gasteiger partial charge >= 0.3 is 0 Å². The van der Waals surface area contributed by atoms with E-state index in [1.165, 1.54) is 19.3 Å². The van der Waals surface area contributed by atoms with E-state index in [4.69, 9.17) is 5.73 Å². The van der Waals surface area contributed by atoms with Crippen LogP contribution in [0.3, 0.4) is 0 Å². The molecule has 0 amide bonds. The first-order valence-corrected chi connectivity index (χ1v) is 6.05. The molecule has 0 spiro atoms. The maximum atomic E-state index is 5.59. The van der Waals surface area contributed by atoms with Gasteiger partial charge in [0.2, 0.25) is 0 Å². The standard InChI is InChI=1S/C13H16N4/c14-13-4-3-11(7-16-13)12-8-15-9-17(12)6-5-10-1-2-10/h3-4,7-10H,1-2,5-6H2,(H2,14,16). The Morgan fingerprint density at radius 2 is 2.18 bits per heavy atom. The van der Waals surface area contributed by atoms with Gasteiger partial charge < -0.3 is 10.3 Å². The molecule has 1 fully saturated rings. The molecular weight excluding hydrogens is 212 g/mol. The van der Waals surface area contributed by atoms with Crippen LogP contribution >= 0.6 is 0 Å². The van der Waals surface area contributed by atoms with Crippen molar-refractivity contribution in [3.63, 3.8) is 0 Å². The van der Waals surface area contributed by atoms with Gasteiger partial charge in [0.05, 0.1) is 18.2 Å². The van der Waals surface area contributed by atoms with Crippen LogP contribution in [0, 0.1) is 5.92 Å². The molecule has 2 aromatic rings. The number of imidazole rings is 1. The lowest BCUT2D eigenvalue weighted by atomic mass is 10.2. The van der Waals surface area contributed by atoms with Gasteiger partial charge in [-0.1, -0.05) is 12.8 Å². The van der Waals surface area contributed by atoms with Crippen molar-refractivity contribution >= 4 is 5.82 Å². The number of rotatable bonds is 4. The Morgan fingerprint density at radius 3 is 2.88 bits per heavy atom. The molecular formula is C13H16N4. The van der Waals surface area contributed by atoms with Gasteiger partial charge in [-0.05, 0) is 24.5 Å². The van der Waals surface area contributed by atoms with Crippen LogP contribution in [0.1, 0.15) is 19.3 Å². The molecule has 0 bridgehead atoms. The van der Waals surface area contributed by atoms with E-state index in [9.17, 15) is 0 Å². The third-order valence-electron chi connectivity index (χ3n) is 3.27. The lowest BCUT2D eigenvalue weighted by Gasteiger charge is -2.07. The number of hydrogen-bond acceptors (Lipinski definition) is 3. The van der Waals surface area contributed by atoms with E-state index in [1.807, 2.05) is 24.7 Å². The Labute approximate surface area is 101 Å². The van der Waals surface area contributed by atoms with Crippen LogP contribution in [0.5, 0.6) is 0 Å². The minimum atomic E-state index is 0.554. The molecule has 0 aliphatic heterocycles. The number of aromatic nitrogens is 3. The molecule has 2 aromatic heterocycles. The number of hydrogen-bond donors (Lipinski definition) is 1. The Balaban J connectivity index is 1.81. The van der Waals surface area contributed by atoms with E-state index < -0.39 is 0 Å². The third-order valence-corrected chi connectivity index (χ3v) is 3.27. The largest absolute Gasteiger partial charge is 0.384 e. The van der Waals surface area contributed by atoms with Crippen molar-refractivity contribution in [3.8, 4) is 11.3 Å². The average molecular weight is 228 g/mol. The number of pyridine rings is 1. The molecule has 0 aromatic carbocycles. The highest BCUT2D eigenvalue weighted by molar-refractivity contribution is 5.59. The first-order chi connectivity index (χ1) is 8.33. The second kappa shape index (κ2) is 4.20. The number of anilines is 1. The van der Waals surface area contributed by atoms with Crippen molar-refractivity contribution in [1.82, 2.24) is 14.5 Å². The zero-order chi connectivity index (χ0) is 11.7. The molecule has 0 atom stereocenters. The molecule has 3 rings (SSSR count). The number of nitrogens with zero attached hydrogens (tertiary/aromatic N) is 3. The summed E-state index contributed by atoms with van der Waals surface area (Å²) in [7, 11) is 0. The Hall–Kier alpha value is -1.84. The maximum absolute atomic E-state index is 5.59. The van der Waals surface area contributed by atoms with Crippen LogP contribution in [0.25, 0.3) is 11.3 Å². The highest BCUT2D eigenvalue weighted by Gasteiger charge is 2.21. The van der Waals surface area contributed by atoms with Crippen LogP contribution in [0.2, 0.25) is 0 Å². The predicted octanol–water partition coefficient (Wildman–Crippen LogP) is 2.33. The van der Waals surface area contributed by atoms with E-state index >= 15 is 0 Å². The SMILES string of the molecule is Nc1ccc(-c2cncn2CCC2CC2)cn1. The monoisotopic (exact) mass is 228 g/mol. The smallest absolute Gasteiger partial charge is 0.123 e. The summed E-state index contributed by atoms with van der Waals surface area (Å²) >= 11 is 0. The molecule has 1 saturated carbocycles. The van der Waals surface area contributed by atoms with Crippen molar-refractivity contribution < 1.29 is 0 Å². The molecule has 88 valence electrons. The van der Waals surface area contributed by atoms with Crippen LogP contribution in [0.4, 0.5) is 5.82 Å². The van der Waals surface area contributed by atoms with Crippen molar-refractivity contribution in [2.24, 2.45) is 5.92 Å². The van der Waals surface area contributed by atoms with Gasteiger partial charge in [0.25, 0.3) is 0 Å². The van der Waals surface area contributed by atoms with Crippen LogP contribution < -0.4 is 5.73 Å². The number of nitrogen functional groups attached to an aromatic ring is 1. The van der Waals surface area contributed by atoms with Crippen LogP contribution in [-0.2, 0) is 6.54 Å². The molecule has 1 aliphatic rings. The van der Waals surface area contributed by atoms with Gasteiger partial charge in [-0.2, -0.15) is 0 Å². The molecule has 0 saturated heterocycles.